The number of hydrazine groups is 2. The average Bonchev–Trinajstić information content (AvgIpc) is 1.74. The van der Waals surface area contributed by atoms with Crippen molar-refractivity contribution in [2.24, 2.45) is 9.98 Å². The highest BCUT2D eigenvalue weighted by atomic mass is 79.9. The monoisotopic (exact) mass is 1340 g/mol. The smallest absolute Gasteiger partial charge is 0.255 e. The molecule has 3 unspecified atom stereocenters. The lowest BCUT2D eigenvalue weighted by molar-refractivity contribution is -0.117. The number of aliphatic hydroxyl groups is 3. The largest absolute Gasteiger partial charge is 0.506 e. The average molecular weight is 1340 g/mol. The molecular formula is C70H86BrCl2N11O7. The minimum absolute atomic E-state index is 0.00410. The number of aryl methyl sites for hydroxylation is 1. The van der Waals surface area contributed by atoms with Gasteiger partial charge in [-0.3, -0.25) is 20.4 Å². The number of pyridine rings is 1. The van der Waals surface area contributed by atoms with E-state index >= 15 is 0 Å². The molecule has 2 amide bonds. The van der Waals surface area contributed by atoms with Crippen LogP contribution in [0.5, 0.6) is 11.5 Å². The standard InChI is InChI=1S/C23H32ClNO2.C17H26N4O2.C16H17ClN2O2.C14H11BrN4O/c1-2-3-4-5-6-7-8-9-10-13-16-25-23(27)20-17-21(24)18-14-11-12-15-19(18)22(20)26;1-4-5-6-7-8-9-10-13-14(11-22)16-19-12(2)20-21(16)17(23)15(13)18-3;1-3-12(11-6-4-5-10(2)9-11)16(21)19-15-13(20)7-8-14(17)18-15;1-8-10(15)13-17-12(9-6-4-3-5-7-9)18-19(13)14(20)11(8)16-2/h11-12,14-15,17,26H,2-10,13,16H2,1H3,(H,25,27);16,22-23H,4-11H2,1-2H3,(H,19,20);4-9,12,20H,3H2,1-2H3,(H,18,19,21);3-7,13,20H,1H3,(H,17,18). The van der Waals surface area contributed by atoms with E-state index < -0.39 is 6.17 Å². The first-order valence-electron chi connectivity index (χ1n) is 31.4. The Labute approximate surface area is 554 Å². The van der Waals surface area contributed by atoms with Gasteiger partial charge in [0.2, 0.25) is 29.1 Å². The summed E-state index contributed by atoms with van der Waals surface area (Å²) >= 11 is 15.5. The number of hydrogen-bond acceptors (Lipinski definition) is 14. The van der Waals surface area contributed by atoms with E-state index in [0.29, 0.717) is 52.6 Å². The van der Waals surface area contributed by atoms with Crippen LogP contribution < -0.4 is 21.5 Å². The van der Waals surface area contributed by atoms with Crippen molar-refractivity contribution in [3.05, 3.63) is 197 Å². The summed E-state index contributed by atoms with van der Waals surface area (Å²) in [5.41, 5.74) is 11.8. The summed E-state index contributed by atoms with van der Waals surface area (Å²) in [6.45, 7) is 27.0. The molecule has 9 N–H and O–H groups in total. The van der Waals surface area contributed by atoms with Gasteiger partial charge in [0.25, 0.3) is 5.91 Å². The highest BCUT2D eigenvalue weighted by molar-refractivity contribution is 9.11. The number of carbonyl (C=O) groups is 2. The van der Waals surface area contributed by atoms with E-state index in [0.717, 1.165) is 57.8 Å². The van der Waals surface area contributed by atoms with Crippen LogP contribution in [-0.4, -0.2) is 89.5 Å². The fourth-order valence-corrected chi connectivity index (χ4v) is 11.8. The minimum atomic E-state index is -0.444. The zero-order chi connectivity index (χ0) is 66.0. The molecule has 21 heteroatoms. The molecule has 5 aromatic rings. The summed E-state index contributed by atoms with van der Waals surface area (Å²) in [5.74, 6) is 0.329. The number of amidine groups is 2. The van der Waals surface area contributed by atoms with Gasteiger partial charge in [-0.1, -0.05) is 241 Å². The quantitative estimate of drug-likeness (QED) is 0.0151. The van der Waals surface area contributed by atoms with Gasteiger partial charge < -0.3 is 36.2 Å². The van der Waals surface area contributed by atoms with Crippen molar-refractivity contribution >= 4 is 79.2 Å². The maximum absolute atomic E-state index is 12.4. The Morgan fingerprint density at radius 2 is 1.29 bits per heavy atom. The number of allylic oxidation sites excluding steroid dienone is 2. The Morgan fingerprint density at radius 3 is 1.90 bits per heavy atom. The fraction of sp³-hybridized carbons (Fsp3) is 0.414. The zero-order valence-electron chi connectivity index (χ0n) is 52.9. The van der Waals surface area contributed by atoms with E-state index in [-0.39, 0.29) is 81.7 Å². The highest BCUT2D eigenvalue weighted by Crippen LogP contribution is 2.39. The molecule has 18 nitrogen and oxygen atoms in total. The fourth-order valence-electron chi connectivity index (χ4n) is 10.9. The number of hydrogen-bond donors (Lipinski definition) is 9. The molecule has 3 atom stereocenters. The van der Waals surface area contributed by atoms with Crippen molar-refractivity contribution < 1.29 is 35.1 Å². The van der Waals surface area contributed by atoms with Crippen molar-refractivity contribution in [3.63, 3.8) is 0 Å². The molecule has 0 saturated heterocycles. The van der Waals surface area contributed by atoms with Crippen LogP contribution in [0.25, 0.3) is 20.5 Å². The predicted octanol–water partition coefficient (Wildman–Crippen LogP) is 16.9. The second kappa shape index (κ2) is 36.7. The molecular weight excluding hydrogens is 1260 g/mol. The summed E-state index contributed by atoms with van der Waals surface area (Å²) in [6, 6.07) is 29.2. The normalized spacial score (nSPS) is 15.9. The zero-order valence-corrected chi connectivity index (χ0v) is 56.0. The van der Waals surface area contributed by atoms with Gasteiger partial charge in [-0.15, -0.1) is 0 Å². The third kappa shape index (κ3) is 19.7. The molecule has 91 heavy (non-hydrogen) atoms. The number of nitrogens with zero attached hydrogens (tertiary/aromatic N) is 7. The molecule has 0 aliphatic carbocycles. The highest BCUT2D eigenvalue weighted by Gasteiger charge is 2.39. The number of amides is 2. The minimum Gasteiger partial charge on any atom is -0.506 e. The van der Waals surface area contributed by atoms with Crippen LogP contribution in [0.4, 0.5) is 5.82 Å². The first kappa shape index (κ1) is 72.0. The number of rotatable bonds is 25. The third-order valence-corrected chi connectivity index (χ3v) is 17.4. The predicted molar refractivity (Wildman–Crippen MR) is 368 cm³/mol. The van der Waals surface area contributed by atoms with Gasteiger partial charge in [0.05, 0.1) is 31.2 Å². The van der Waals surface area contributed by atoms with Gasteiger partial charge >= 0.3 is 0 Å². The van der Waals surface area contributed by atoms with Crippen LogP contribution in [0.2, 0.25) is 10.2 Å². The molecule has 484 valence electrons. The maximum Gasteiger partial charge on any atom is 0.255 e. The lowest BCUT2D eigenvalue weighted by Gasteiger charge is -2.32. The Morgan fingerprint density at radius 1 is 0.692 bits per heavy atom. The van der Waals surface area contributed by atoms with Crippen LogP contribution >= 0.6 is 39.1 Å². The van der Waals surface area contributed by atoms with Gasteiger partial charge in [0, 0.05) is 32.4 Å². The molecule has 4 aliphatic heterocycles. The SMILES string of the molecule is CCC(C(=O)Nc1nc(Cl)ccc1O)c1cccc(C)c1.CCCCCCCCCCCCNC(=O)c1cc(Cl)c2ccccc2c1O.[C-]#[N+]C1=C(O)N2NC(C)=NC2C(CO)=C1CCCCCCCC.[C-]#[N+]C1=C(O)N2NC(c3ccccc3)=NC2C(Br)=C1C. The number of aromatic nitrogens is 1. The van der Waals surface area contributed by atoms with Crippen LogP contribution in [0.15, 0.2) is 151 Å². The summed E-state index contributed by atoms with van der Waals surface area (Å²) in [5, 5.41) is 61.0. The number of unbranched alkanes of at least 4 members (excludes halogenated alkanes) is 14. The van der Waals surface area contributed by atoms with Crippen LogP contribution in [0.3, 0.4) is 0 Å². The maximum atomic E-state index is 12.4. The van der Waals surface area contributed by atoms with E-state index in [2.05, 4.69) is 75.9 Å². The number of phenols is 1. The van der Waals surface area contributed by atoms with Gasteiger partial charge in [-0.25, -0.2) is 34.7 Å². The molecule has 4 aliphatic rings. The number of aliphatic hydroxyl groups excluding tert-OH is 3. The van der Waals surface area contributed by atoms with Gasteiger partial charge in [0.1, 0.15) is 22.6 Å². The number of halogens is 3. The summed E-state index contributed by atoms with van der Waals surface area (Å²) < 4.78 is 0.778. The van der Waals surface area contributed by atoms with E-state index in [1.54, 1.807) is 26.0 Å². The number of anilines is 1. The van der Waals surface area contributed by atoms with Gasteiger partial charge in [-0.2, -0.15) is 0 Å². The van der Waals surface area contributed by atoms with Crippen molar-refractivity contribution in [1.82, 2.24) is 31.2 Å². The summed E-state index contributed by atoms with van der Waals surface area (Å²) in [4.78, 5) is 44.6. The number of fused-ring (bicyclic) bond motifs is 3. The Balaban J connectivity index is 0.000000194. The summed E-state index contributed by atoms with van der Waals surface area (Å²) in [6.07, 6.45) is 20.1. The first-order chi connectivity index (χ1) is 43.9. The molecule has 4 aromatic carbocycles. The number of carbonyl (C=O) groups excluding carboxylic acids is 2. The van der Waals surface area contributed by atoms with Crippen molar-refractivity contribution in [3.8, 4) is 11.5 Å². The second-order valence-electron chi connectivity index (χ2n) is 22.6. The van der Waals surface area contributed by atoms with Crippen molar-refractivity contribution in [2.75, 3.05) is 18.5 Å². The van der Waals surface area contributed by atoms with E-state index in [1.165, 1.54) is 99.2 Å². The van der Waals surface area contributed by atoms with Crippen molar-refractivity contribution in [2.45, 2.75) is 175 Å². The van der Waals surface area contributed by atoms with E-state index in [9.17, 15) is 35.1 Å². The lowest BCUT2D eigenvalue weighted by atomic mass is 9.94. The molecule has 0 spiro atoms. The number of aliphatic imine (C=N–C) groups is 2. The lowest BCUT2D eigenvalue weighted by Crippen LogP contribution is -2.44. The van der Waals surface area contributed by atoms with E-state index in [1.807, 2.05) is 86.6 Å². The number of nitrogens with one attached hydrogen (secondary N) is 4. The Bertz CT molecular complexity index is 3600. The van der Waals surface area contributed by atoms with Crippen LogP contribution in [-0.2, 0) is 4.79 Å². The number of phenolic OH excluding ortho intramolecular Hbond substituents is 1. The van der Waals surface area contributed by atoms with E-state index in [4.69, 9.17) is 36.3 Å². The molecule has 0 radical (unpaired) electrons. The van der Waals surface area contributed by atoms with Gasteiger partial charge in [0.15, 0.2) is 23.9 Å². The third-order valence-electron chi connectivity index (χ3n) is 15.9. The van der Waals surface area contributed by atoms with Crippen molar-refractivity contribution in [1.29, 1.82) is 0 Å². The Kier molecular flexibility index (Phi) is 29.0. The molecule has 9 rings (SSSR count). The summed E-state index contributed by atoms with van der Waals surface area (Å²) in [7, 11) is 0. The Hall–Kier alpha value is -8.07. The van der Waals surface area contributed by atoms with Crippen LogP contribution in [0.1, 0.15) is 183 Å². The molecule has 0 saturated carbocycles. The number of aromatic hydroxyl groups is 2. The second-order valence-corrected chi connectivity index (χ2v) is 24.2. The van der Waals surface area contributed by atoms with Gasteiger partial charge in [-0.05, 0) is 80.5 Å². The number of benzene rings is 4. The topological polar surface area (TPSA) is 236 Å². The molecule has 1 aromatic heterocycles. The molecule has 0 fully saturated rings. The van der Waals surface area contributed by atoms with Crippen LogP contribution in [0, 0.1) is 20.1 Å². The first-order valence-corrected chi connectivity index (χ1v) is 33.0. The molecule has 5 heterocycles. The molecule has 0 bridgehead atoms.